The number of aliphatic hydroxyl groups is 8. The van der Waals surface area contributed by atoms with Gasteiger partial charge >= 0.3 is 0 Å². The standard InChI is InChI=1S/C64H121NO13/c1-3-5-7-9-11-12-13-14-15-16-17-18-19-20-21-22-23-24-25-26-27-28-29-30-31-32-33-34-35-36-37-38-39-40-42-44-46-48-56(69)65-52(53(68)47-45-43-41-10-8-6-4-2)51-75-63-61(74)59(72)62(55(50-67)77-63)78-64-60(73)58(71)57(70)54(49-66)76-64/h13-14,16-17,52-55,57-64,66-68,70-74H,3-12,15,18-51H2,1-2H3,(H,65,69)/b14-13-,17-16-. The van der Waals surface area contributed by atoms with E-state index < -0.39 is 86.8 Å². The number of aliphatic hydroxyl groups excluding tert-OH is 8. The molecule has 1 amide bonds. The van der Waals surface area contributed by atoms with Crippen LogP contribution in [0.15, 0.2) is 24.3 Å². The Balaban J connectivity index is 1.50. The molecule has 0 saturated carbocycles. The highest BCUT2D eigenvalue weighted by molar-refractivity contribution is 5.76. The summed E-state index contributed by atoms with van der Waals surface area (Å²) >= 11 is 0. The highest BCUT2D eigenvalue weighted by Crippen LogP contribution is 2.30. The van der Waals surface area contributed by atoms with Crippen molar-refractivity contribution in [2.45, 2.75) is 357 Å². The van der Waals surface area contributed by atoms with Gasteiger partial charge in [-0.25, -0.2) is 0 Å². The molecule has 0 bridgehead atoms. The lowest BCUT2D eigenvalue weighted by molar-refractivity contribution is -0.359. The van der Waals surface area contributed by atoms with E-state index in [-0.39, 0.29) is 12.5 Å². The van der Waals surface area contributed by atoms with Crippen LogP contribution in [0.1, 0.15) is 284 Å². The van der Waals surface area contributed by atoms with Crippen LogP contribution in [0.2, 0.25) is 0 Å². The SMILES string of the molecule is CCCCCCC/C=C\C/C=C\CCCCCCCCCCCCCCCCCCCCCCCCCCCC(=O)NC(COC1OC(CO)C(OC2OC(CO)C(O)C(O)C2O)C(O)C1O)C(O)CCCCCCCCC. The van der Waals surface area contributed by atoms with Gasteiger partial charge in [0.15, 0.2) is 12.6 Å². The minimum absolute atomic E-state index is 0.206. The summed E-state index contributed by atoms with van der Waals surface area (Å²) in [5.41, 5.74) is 0. The second-order valence-electron chi connectivity index (χ2n) is 23.2. The molecule has 2 aliphatic heterocycles. The Bertz CT molecular complexity index is 1400. The largest absolute Gasteiger partial charge is 0.394 e. The first-order valence-electron chi connectivity index (χ1n) is 32.6. The number of amides is 1. The van der Waals surface area contributed by atoms with Crippen LogP contribution in [-0.2, 0) is 23.7 Å². The molecule has 0 aromatic heterocycles. The van der Waals surface area contributed by atoms with Crippen LogP contribution < -0.4 is 5.32 Å². The van der Waals surface area contributed by atoms with Crippen LogP contribution in [0.25, 0.3) is 0 Å². The molecule has 2 aliphatic rings. The van der Waals surface area contributed by atoms with Gasteiger partial charge in [-0.2, -0.15) is 0 Å². The summed E-state index contributed by atoms with van der Waals surface area (Å²) in [6, 6.07) is -0.822. The smallest absolute Gasteiger partial charge is 0.220 e. The first-order chi connectivity index (χ1) is 38.1. The second-order valence-corrected chi connectivity index (χ2v) is 23.2. The third-order valence-corrected chi connectivity index (χ3v) is 16.2. The molecule has 460 valence electrons. The monoisotopic (exact) mass is 1110 g/mol. The molecule has 2 heterocycles. The van der Waals surface area contributed by atoms with Gasteiger partial charge < -0.3 is 65.1 Å². The number of unbranched alkanes of at least 4 members (excludes halogenated alkanes) is 36. The normalized spacial score (nSPS) is 24.6. The van der Waals surface area contributed by atoms with Crippen molar-refractivity contribution in [3.63, 3.8) is 0 Å². The molecule has 2 fully saturated rings. The molecule has 0 radical (unpaired) electrons. The molecule has 78 heavy (non-hydrogen) atoms. The molecule has 9 N–H and O–H groups in total. The number of carbonyl (C=O) groups is 1. The molecular weight excluding hydrogens is 991 g/mol. The second kappa shape index (κ2) is 50.0. The van der Waals surface area contributed by atoms with E-state index in [1.807, 2.05) is 0 Å². The molecule has 2 saturated heterocycles. The Morgan fingerprint density at radius 2 is 0.846 bits per heavy atom. The maximum atomic E-state index is 13.2. The van der Waals surface area contributed by atoms with E-state index in [4.69, 9.17) is 18.9 Å². The van der Waals surface area contributed by atoms with Gasteiger partial charge in [-0.3, -0.25) is 4.79 Å². The molecule has 0 aliphatic carbocycles. The topological polar surface area (TPSA) is 228 Å². The number of rotatable bonds is 53. The summed E-state index contributed by atoms with van der Waals surface area (Å²) in [5.74, 6) is -0.206. The minimum atomic E-state index is -1.78. The van der Waals surface area contributed by atoms with Crippen molar-refractivity contribution in [1.29, 1.82) is 0 Å². The van der Waals surface area contributed by atoms with E-state index >= 15 is 0 Å². The fraction of sp³-hybridized carbons (Fsp3) is 0.922. The van der Waals surface area contributed by atoms with Gasteiger partial charge in [0.1, 0.15) is 48.8 Å². The van der Waals surface area contributed by atoms with E-state index in [2.05, 4.69) is 43.5 Å². The number of nitrogens with one attached hydrogen (secondary N) is 1. The zero-order valence-electron chi connectivity index (χ0n) is 49.7. The molecule has 12 unspecified atom stereocenters. The first-order valence-corrected chi connectivity index (χ1v) is 32.6. The van der Waals surface area contributed by atoms with Crippen molar-refractivity contribution in [3.05, 3.63) is 24.3 Å². The number of ether oxygens (including phenoxy) is 4. The summed E-state index contributed by atoms with van der Waals surface area (Å²) in [6.45, 7) is 2.81. The van der Waals surface area contributed by atoms with E-state index in [1.54, 1.807) is 0 Å². The molecule has 14 nitrogen and oxygen atoms in total. The van der Waals surface area contributed by atoms with Crippen LogP contribution >= 0.6 is 0 Å². The Labute approximate surface area is 475 Å². The van der Waals surface area contributed by atoms with Crippen molar-refractivity contribution < 1.29 is 64.6 Å². The average molecular weight is 1110 g/mol. The summed E-state index contributed by atoms with van der Waals surface area (Å²) in [6.07, 6.45) is 44.1. The van der Waals surface area contributed by atoms with E-state index in [9.17, 15) is 45.6 Å². The summed E-state index contributed by atoms with van der Waals surface area (Å²) < 4.78 is 22.7. The van der Waals surface area contributed by atoms with Crippen molar-refractivity contribution in [2.24, 2.45) is 0 Å². The zero-order chi connectivity index (χ0) is 56.7. The number of allylic oxidation sites excluding steroid dienone is 4. The Morgan fingerprint density at radius 3 is 1.28 bits per heavy atom. The van der Waals surface area contributed by atoms with E-state index in [0.717, 1.165) is 57.8 Å². The molecular formula is C64H121NO13. The van der Waals surface area contributed by atoms with Crippen molar-refractivity contribution in [2.75, 3.05) is 19.8 Å². The Morgan fingerprint density at radius 1 is 0.462 bits per heavy atom. The van der Waals surface area contributed by atoms with Crippen molar-refractivity contribution in [3.8, 4) is 0 Å². The lowest BCUT2D eigenvalue weighted by atomic mass is 9.97. The van der Waals surface area contributed by atoms with Crippen LogP contribution in [0, 0.1) is 0 Å². The minimum Gasteiger partial charge on any atom is -0.394 e. The molecule has 2 rings (SSSR count). The fourth-order valence-electron chi connectivity index (χ4n) is 10.9. The van der Waals surface area contributed by atoms with Crippen LogP contribution in [0.3, 0.4) is 0 Å². The molecule has 12 atom stereocenters. The maximum absolute atomic E-state index is 13.2. The lowest BCUT2D eigenvalue weighted by Gasteiger charge is -2.46. The van der Waals surface area contributed by atoms with E-state index in [1.165, 1.54) is 199 Å². The number of hydrogen-bond acceptors (Lipinski definition) is 13. The number of hydrogen-bond donors (Lipinski definition) is 9. The highest BCUT2D eigenvalue weighted by atomic mass is 16.7. The Hall–Kier alpha value is -1.53. The van der Waals surface area contributed by atoms with Gasteiger partial charge in [0.2, 0.25) is 5.91 Å². The van der Waals surface area contributed by atoms with Crippen molar-refractivity contribution in [1.82, 2.24) is 5.32 Å². The van der Waals surface area contributed by atoms with Crippen LogP contribution in [0.4, 0.5) is 0 Å². The predicted molar refractivity (Wildman–Crippen MR) is 314 cm³/mol. The van der Waals surface area contributed by atoms with Crippen LogP contribution in [0.5, 0.6) is 0 Å². The summed E-state index contributed by atoms with van der Waals surface area (Å²) in [4.78, 5) is 13.2. The van der Waals surface area contributed by atoms with Gasteiger partial charge in [0.25, 0.3) is 0 Å². The molecule has 0 aromatic carbocycles. The third kappa shape index (κ3) is 34.8. The molecule has 0 aromatic rings. The van der Waals surface area contributed by atoms with E-state index in [0.29, 0.717) is 12.8 Å². The van der Waals surface area contributed by atoms with Crippen molar-refractivity contribution >= 4 is 5.91 Å². The predicted octanol–water partition coefficient (Wildman–Crippen LogP) is 12.0. The summed E-state index contributed by atoms with van der Waals surface area (Å²) in [5, 5.41) is 86.9. The molecule has 14 heteroatoms. The van der Waals surface area contributed by atoms with Crippen LogP contribution in [-0.4, -0.2) is 140 Å². The zero-order valence-corrected chi connectivity index (χ0v) is 49.7. The third-order valence-electron chi connectivity index (χ3n) is 16.2. The lowest BCUT2D eigenvalue weighted by Crippen LogP contribution is -2.65. The number of carbonyl (C=O) groups excluding carboxylic acids is 1. The molecule has 0 spiro atoms. The highest BCUT2D eigenvalue weighted by Gasteiger charge is 2.51. The Kier molecular flexibility index (Phi) is 46.5. The van der Waals surface area contributed by atoms with Gasteiger partial charge in [-0.15, -0.1) is 0 Å². The van der Waals surface area contributed by atoms with Gasteiger partial charge in [0.05, 0.1) is 32.0 Å². The first kappa shape index (κ1) is 72.6. The van der Waals surface area contributed by atoms with Gasteiger partial charge in [-0.05, 0) is 44.9 Å². The van der Waals surface area contributed by atoms with Gasteiger partial charge in [0, 0.05) is 6.42 Å². The fourth-order valence-corrected chi connectivity index (χ4v) is 10.9. The maximum Gasteiger partial charge on any atom is 0.220 e. The summed E-state index contributed by atoms with van der Waals surface area (Å²) in [7, 11) is 0. The quantitative estimate of drug-likeness (QED) is 0.0204. The van der Waals surface area contributed by atoms with Gasteiger partial charge in [-0.1, -0.05) is 256 Å². The average Bonchev–Trinajstić information content (AvgIpc) is 3.47.